The maximum atomic E-state index is 12.9. The average molecular weight is 255 g/mol. The van der Waals surface area contributed by atoms with Gasteiger partial charge in [0.05, 0.1) is 0 Å². The van der Waals surface area contributed by atoms with E-state index in [1.165, 1.54) is 12.1 Å². The van der Waals surface area contributed by atoms with E-state index < -0.39 is 12.2 Å². The van der Waals surface area contributed by atoms with E-state index in [1.54, 1.807) is 32.9 Å². The molecule has 0 bridgehead atoms. The second kappa shape index (κ2) is 5.92. The molecule has 0 aromatic heterocycles. The van der Waals surface area contributed by atoms with Crippen molar-refractivity contribution in [3.63, 3.8) is 0 Å². The molecule has 4 heteroatoms. The number of halogens is 3. The Labute approximate surface area is 105 Å². The minimum absolute atomic E-state index is 0.206. The van der Waals surface area contributed by atoms with Crippen molar-refractivity contribution in [1.29, 1.82) is 0 Å². The smallest absolute Gasteiger partial charge is 0.300 e. The molecule has 0 aliphatic rings. The Kier molecular flexibility index (Phi) is 4.80. The van der Waals surface area contributed by atoms with Gasteiger partial charge in [0.1, 0.15) is 6.04 Å². The lowest BCUT2D eigenvalue weighted by Gasteiger charge is -2.24. The van der Waals surface area contributed by atoms with Gasteiger partial charge >= 0.3 is 6.18 Å². The number of alkyl halides is 3. The van der Waals surface area contributed by atoms with Crippen LogP contribution in [0.2, 0.25) is 0 Å². The summed E-state index contributed by atoms with van der Waals surface area (Å²) in [4.78, 5) is 0. The molecule has 1 rings (SSSR count). The quantitative estimate of drug-likeness (QED) is 0.813. The van der Waals surface area contributed by atoms with Crippen molar-refractivity contribution >= 4 is 0 Å². The molecule has 0 aliphatic carbocycles. The monoisotopic (exact) mass is 255 g/mol. The molecule has 1 unspecified atom stereocenters. The maximum Gasteiger partial charge on any atom is 0.407 e. The summed E-state index contributed by atoms with van der Waals surface area (Å²) in [5, 5.41) is 2.53. The van der Waals surface area contributed by atoms with Gasteiger partial charge in [-0.25, -0.2) is 0 Å². The van der Waals surface area contributed by atoms with Gasteiger partial charge in [-0.3, -0.25) is 0 Å². The summed E-state index contributed by atoms with van der Waals surface area (Å²) in [7, 11) is 0. The van der Waals surface area contributed by atoms with Gasteiger partial charge in [-0.2, -0.15) is 13.2 Å². The van der Waals surface area contributed by atoms with Crippen LogP contribution < -0.4 is 5.32 Å². The molecule has 0 saturated heterocycles. The van der Waals surface area contributed by atoms with E-state index in [0.717, 1.165) is 0 Å². The summed E-state index contributed by atoms with van der Waals surface area (Å²) in [6.07, 6.45) is -4.30. The van der Waals surface area contributed by atoms with Crippen molar-refractivity contribution < 1.29 is 13.2 Å². The molecular weight excluding hydrogens is 239 g/mol. The Bertz CT molecular complexity index is 435. The molecule has 1 atom stereocenters. The number of hydrogen-bond donors (Lipinski definition) is 1. The SMILES string of the molecule is CC#Cc1ccc(C(NC(C)C)C(F)(F)F)cc1. The first-order valence-electron chi connectivity index (χ1n) is 5.70. The van der Waals surface area contributed by atoms with Gasteiger partial charge in [-0.15, -0.1) is 5.92 Å². The Morgan fingerprint density at radius 1 is 1.11 bits per heavy atom. The first-order valence-corrected chi connectivity index (χ1v) is 5.70. The zero-order valence-electron chi connectivity index (χ0n) is 10.6. The fraction of sp³-hybridized carbons (Fsp3) is 0.429. The van der Waals surface area contributed by atoms with Crippen molar-refractivity contribution in [3.05, 3.63) is 35.4 Å². The number of hydrogen-bond acceptors (Lipinski definition) is 1. The largest absolute Gasteiger partial charge is 0.407 e. The topological polar surface area (TPSA) is 12.0 Å². The van der Waals surface area contributed by atoms with Crippen LogP contribution in [0, 0.1) is 11.8 Å². The Morgan fingerprint density at radius 3 is 2.06 bits per heavy atom. The predicted molar refractivity (Wildman–Crippen MR) is 66.1 cm³/mol. The molecule has 1 aromatic rings. The molecule has 1 nitrogen and oxygen atoms in total. The molecule has 0 saturated carbocycles. The summed E-state index contributed by atoms with van der Waals surface area (Å²) in [6, 6.07) is 4.26. The van der Waals surface area contributed by atoms with Gasteiger partial charge in [0.25, 0.3) is 0 Å². The van der Waals surface area contributed by atoms with Crippen molar-refractivity contribution in [3.8, 4) is 11.8 Å². The fourth-order valence-corrected chi connectivity index (χ4v) is 1.62. The first-order chi connectivity index (χ1) is 8.34. The van der Waals surface area contributed by atoms with E-state index in [-0.39, 0.29) is 11.6 Å². The molecule has 0 heterocycles. The molecule has 18 heavy (non-hydrogen) atoms. The summed E-state index contributed by atoms with van der Waals surface area (Å²) < 4.78 is 38.8. The molecule has 0 fully saturated rings. The zero-order chi connectivity index (χ0) is 13.8. The van der Waals surface area contributed by atoms with Crippen LogP contribution in [-0.2, 0) is 0 Å². The number of benzene rings is 1. The highest BCUT2D eigenvalue weighted by Crippen LogP contribution is 2.33. The summed E-state index contributed by atoms with van der Waals surface area (Å²) in [6.45, 7) is 5.07. The third-order valence-electron chi connectivity index (χ3n) is 2.34. The summed E-state index contributed by atoms with van der Waals surface area (Å²) >= 11 is 0. The first kappa shape index (κ1) is 14.6. The van der Waals surface area contributed by atoms with Crippen LogP contribution in [-0.4, -0.2) is 12.2 Å². The molecule has 1 N–H and O–H groups in total. The molecule has 0 amide bonds. The number of rotatable bonds is 3. The van der Waals surface area contributed by atoms with E-state index in [0.29, 0.717) is 5.56 Å². The molecule has 0 aliphatic heterocycles. The van der Waals surface area contributed by atoms with Crippen LogP contribution in [0.4, 0.5) is 13.2 Å². The lowest BCUT2D eigenvalue weighted by Crippen LogP contribution is -2.38. The van der Waals surface area contributed by atoms with Gasteiger partial charge in [-0.1, -0.05) is 31.9 Å². The van der Waals surface area contributed by atoms with Crippen LogP contribution in [0.25, 0.3) is 0 Å². The van der Waals surface area contributed by atoms with Crippen molar-refractivity contribution in [2.45, 2.75) is 39.0 Å². The van der Waals surface area contributed by atoms with Crippen LogP contribution in [0.15, 0.2) is 24.3 Å². The minimum Gasteiger partial charge on any atom is -0.300 e. The minimum atomic E-state index is -4.30. The summed E-state index contributed by atoms with van der Waals surface area (Å²) in [5.41, 5.74) is 0.921. The predicted octanol–water partition coefficient (Wildman–Crippen LogP) is 3.66. The van der Waals surface area contributed by atoms with Gasteiger partial charge in [0.2, 0.25) is 0 Å². The Morgan fingerprint density at radius 2 is 1.67 bits per heavy atom. The molecule has 98 valence electrons. The molecule has 1 aromatic carbocycles. The maximum absolute atomic E-state index is 12.9. The van der Waals surface area contributed by atoms with E-state index in [2.05, 4.69) is 17.2 Å². The lowest BCUT2D eigenvalue weighted by molar-refractivity contribution is -0.159. The van der Waals surface area contributed by atoms with Crippen molar-refractivity contribution in [1.82, 2.24) is 5.32 Å². The highest BCUT2D eigenvalue weighted by Gasteiger charge is 2.40. The van der Waals surface area contributed by atoms with Crippen LogP contribution in [0.5, 0.6) is 0 Å². The average Bonchev–Trinajstić information content (AvgIpc) is 2.26. The second-order valence-corrected chi connectivity index (χ2v) is 4.29. The number of nitrogens with one attached hydrogen (secondary N) is 1. The standard InChI is InChI=1S/C14H16F3N/c1-4-5-11-6-8-12(9-7-11)13(14(15,16)17)18-10(2)3/h6-10,13,18H,1-3H3. The van der Waals surface area contributed by atoms with E-state index in [9.17, 15) is 13.2 Å². The van der Waals surface area contributed by atoms with E-state index in [4.69, 9.17) is 0 Å². The molecule has 0 radical (unpaired) electrons. The highest BCUT2D eigenvalue weighted by atomic mass is 19.4. The van der Waals surface area contributed by atoms with Gasteiger partial charge in [0, 0.05) is 11.6 Å². The summed E-state index contributed by atoms with van der Waals surface area (Å²) in [5.74, 6) is 5.51. The second-order valence-electron chi connectivity index (χ2n) is 4.29. The van der Waals surface area contributed by atoms with Crippen LogP contribution in [0.3, 0.4) is 0 Å². The van der Waals surface area contributed by atoms with Crippen molar-refractivity contribution in [2.24, 2.45) is 0 Å². The third kappa shape index (κ3) is 4.08. The zero-order valence-corrected chi connectivity index (χ0v) is 10.6. The van der Waals surface area contributed by atoms with Crippen LogP contribution >= 0.6 is 0 Å². The normalized spacial score (nSPS) is 13.1. The van der Waals surface area contributed by atoms with E-state index in [1.807, 2.05) is 0 Å². The highest BCUT2D eigenvalue weighted by molar-refractivity contribution is 5.37. The fourth-order valence-electron chi connectivity index (χ4n) is 1.62. The van der Waals surface area contributed by atoms with Crippen LogP contribution in [0.1, 0.15) is 37.9 Å². The van der Waals surface area contributed by atoms with Gasteiger partial charge in [0.15, 0.2) is 0 Å². The van der Waals surface area contributed by atoms with Gasteiger partial charge in [-0.05, 0) is 24.6 Å². The Balaban J connectivity index is 3.01. The third-order valence-corrected chi connectivity index (χ3v) is 2.34. The Hall–Kier alpha value is -1.47. The van der Waals surface area contributed by atoms with Gasteiger partial charge < -0.3 is 5.32 Å². The van der Waals surface area contributed by atoms with Crippen molar-refractivity contribution in [2.75, 3.05) is 0 Å². The molecular formula is C14H16F3N. The molecule has 0 spiro atoms. The van der Waals surface area contributed by atoms with E-state index >= 15 is 0 Å². The lowest BCUT2D eigenvalue weighted by atomic mass is 10.0.